The third-order valence-electron chi connectivity index (χ3n) is 4.18. The van der Waals surface area contributed by atoms with Crippen molar-refractivity contribution in [3.63, 3.8) is 0 Å². The standard InChI is InChI=1S/C21H21FN4O3/c1-14(24-21(28)26-25-20(27)19-3-2-12-23-19)16-6-10-18(11-7-16)29-13-15-4-8-17(22)9-5-15/h2-12,14,23H,13H2,1H3,(H,25,27)(H2,24,26,28). The van der Waals surface area contributed by atoms with Crippen LogP contribution in [0, 0.1) is 5.82 Å². The minimum Gasteiger partial charge on any atom is -0.489 e. The summed E-state index contributed by atoms with van der Waals surface area (Å²) in [6, 6.07) is 15.8. The zero-order chi connectivity index (χ0) is 20.6. The van der Waals surface area contributed by atoms with E-state index < -0.39 is 11.9 Å². The van der Waals surface area contributed by atoms with Crippen LogP contribution >= 0.6 is 0 Å². The molecule has 7 nitrogen and oxygen atoms in total. The van der Waals surface area contributed by atoms with Gasteiger partial charge in [-0.1, -0.05) is 24.3 Å². The lowest BCUT2D eigenvalue weighted by Gasteiger charge is -2.16. The van der Waals surface area contributed by atoms with Crippen molar-refractivity contribution in [3.8, 4) is 5.75 Å². The summed E-state index contributed by atoms with van der Waals surface area (Å²) >= 11 is 0. The number of hydrogen-bond acceptors (Lipinski definition) is 3. The van der Waals surface area contributed by atoms with Crippen LogP contribution < -0.4 is 20.9 Å². The van der Waals surface area contributed by atoms with Crippen LogP contribution in [0.1, 0.15) is 34.6 Å². The molecular formula is C21H21FN4O3. The summed E-state index contributed by atoms with van der Waals surface area (Å²) in [5.41, 5.74) is 6.69. The number of halogens is 1. The first kappa shape index (κ1) is 19.9. The Morgan fingerprint density at radius 1 is 1.03 bits per heavy atom. The van der Waals surface area contributed by atoms with Crippen LogP contribution in [0.15, 0.2) is 66.9 Å². The lowest BCUT2D eigenvalue weighted by Crippen LogP contribution is -2.47. The van der Waals surface area contributed by atoms with Crippen molar-refractivity contribution in [2.24, 2.45) is 0 Å². The number of rotatable bonds is 6. The number of benzene rings is 2. The van der Waals surface area contributed by atoms with E-state index in [9.17, 15) is 14.0 Å². The number of aromatic amines is 1. The largest absolute Gasteiger partial charge is 0.489 e. The Hall–Kier alpha value is -3.81. The highest BCUT2D eigenvalue weighted by Crippen LogP contribution is 2.18. The Bertz CT molecular complexity index is 941. The van der Waals surface area contributed by atoms with Gasteiger partial charge in [0.05, 0.1) is 6.04 Å². The summed E-state index contributed by atoms with van der Waals surface area (Å²) in [6.45, 7) is 2.15. The van der Waals surface area contributed by atoms with Crippen LogP contribution in [0.25, 0.3) is 0 Å². The maximum atomic E-state index is 12.9. The molecule has 1 heterocycles. The fraction of sp³-hybridized carbons (Fsp3) is 0.143. The van der Waals surface area contributed by atoms with Gasteiger partial charge in [-0.05, 0) is 54.4 Å². The molecule has 2 aromatic carbocycles. The maximum Gasteiger partial charge on any atom is 0.333 e. The lowest BCUT2D eigenvalue weighted by atomic mass is 10.1. The van der Waals surface area contributed by atoms with Crippen molar-refractivity contribution < 1.29 is 18.7 Å². The van der Waals surface area contributed by atoms with Gasteiger partial charge in [0.25, 0.3) is 5.91 Å². The van der Waals surface area contributed by atoms with Crippen LogP contribution in [0.2, 0.25) is 0 Å². The monoisotopic (exact) mass is 396 g/mol. The van der Waals surface area contributed by atoms with Crippen LogP contribution in [-0.4, -0.2) is 16.9 Å². The quantitative estimate of drug-likeness (QED) is 0.481. The first-order chi connectivity index (χ1) is 14.0. The number of H-pyrrole nitrogens is 1. The summed E-state index contributed by atoms with van der Waals surface area (Å²) in [7, 11) is 0. The van der Waals surface area contributed by atoms with E-state index in [1.165, 1.54) is 12.1 Å². The van der Waals surface area contributed by atoms with E-state index >= 15 is 0 Å². The molecule has 0 radical (unpaired) electrons. The summed E-state index contributed by atoms with van der Waals surface area (Å²) in [6.07, 6.45) is 1.62. The summed E-state index contributed by atoms with van der Waals surface area (Å²) in [5.74, 6) is -0.0686. The molecule has 1 atom stereocenters. The van der Waals surface area contributed by atoms with Crippen LogP contribution in [-0.2, 0) is 6.61 Å². The number of aromatic nitrogens is 1. The first-order valence-electron chi connectivity index (χ1n) is 8.99. The highest BCUT2D eigenvalue weighted by atomic mass is 19.1. The molecule has 4 N–H and O–H groups in total. The van der Waals surface area contributed by atoms with Gasteiger partial charge in [0, 0.05) is 6.20 Å². The van der Waals surface area contributed by atoms with Crippen molar-refractivity contribution in [3.05, 3.63) is 89.5 Å². The smallest absolute Gasteiger partial charge is 0.333 e. The van der Waals surface area contributed by atoms with E-state index in [1.807, 2.05) is 19.1 Å². The molecule has 0 spiro atoms. The Labute approximate surface area is 167 Å². The molecule has 3 amide bonds. The van der Waals surface area contributed by atoms with Crippen molar-refractivity contribution in [1.82, 2.24) is 21.2 Å². The second kappa shape index (κ2) is 9.41. The molecule has 150 valence electrons. The highest BCUT2D eigenvalue weighted by Gasteiger charge is 2.11. The minimum atomic E-state index is -0.533. The van der Waals surface area contributed by atoms with Gasteiger partial charge in [-0.15, -0.1) is 0 Å². The van der Waals surface area contributed by atoms with Crippen molar-refractivity contribution in [2.75, 3.05) is 0 Å². The Morgan fingerprint density at radius 3 is 2.41 bits per heavy atom. The number of hydrazine groups is 1. The molecule has 1 aromatic heterocycles. The second-order valence-electron chi connectivity index (χ2n) is 6.34. The molecule has 0 fully saturated rings. The van der Waals surface area contributed by atoms with Crippen LogP contribution in [0.4, 0.5) is 9.18 Å². The minimum absolute atomic E-state index is 0.285. The molecule has 0 aliphatic rings. The molecule has 0 bridgehead atoms. The van der Waals surface area contributed by atoms with Crippen LogP contribution in [0.3, 0.4) is 0 Å². The van der Waals surface area contributed by atoms with Gasteiger partial charge in [0.15, 0.2) is 0 Å². The van der Waals surface area contributed by atoms with Gasteiger partial charge >= 0.3 is 6.03 Å². The normalized spacial score (nSPS) is 11.4. The molecule has 1 unspecified atom stereocenters. The maximum absolute atomic E-state index is 12.9. The molecule has 0 aliphatic carbocycles. The Kier molecular flexibility index (Phi) is 6.47. The van der Waals surface area contributed by atoms with E-state index in [0.29, 0.717) is 18.1 Å². The molecule has 29 heavy (non-hydrogen) atoms. The van der Waals surface area contributed by atoms with E-state index in [1.54, 1.807) is 42.6 Å². The van der Waals surface area contributed by atoms with Crippen LogP contribution in [0.5, 0.6) is 5.75 Å². The number of ether oxygens (including phenoxy) is 1. The van der Waals surface area contributed by atoms with Gasteiger partial charge in [-0.3, -0.25) is 10.2 Å². The second-order valence-corrected chi connectivity index (χ2v) is 6.34. The van der Waals surface area contributed by atoms with Gasteiger partial charge in [-0.2, -0.15) is 0 Å². The van der Waals surface area contributed by atoms with E-state index in [0.717, 1.165) is 11.1 Å². The molecule has 0 saturated heterocycles. The topological polar surface area (TPSA) is 95.3 Å². The average Bonchev–Trinajstić information content (AvgIpc) is 3.27. The Balaban J connectivity index is 1.45. The molecular weight excluding hydrogens is 375 g/mol. The van der Waals surface area contributed by atoms with Crippen molar-refractivity contribution >= 4 is 11.9 Å². The van der Waals surface area contributed by atoms with E-state index in [4.69, 9.17) is 4.74 Å². The molecule has 0 aliphatic heterocycles. The summed E-state index contributed by atoms with van der Waals surface area (Å²) in [4.78, 5) is 26.5. The summed E-state index contributed by atoms with van der Waals surface area (Å²) < 4.78 is 18.6. The zero-order valence-corrected chi connectivity index (χ0v) is 15.7. The third kappa shape index (κ3) is 5.83. The van der Waals surface area contributed by atoms with Crippen molar-refractivity contribution in [2.45, 2.75) is 19.6 Å². The number of hydrogen-bond donors (Lipinski definition) is 4. The van der Waals surface area contributed by atoms with Crippen molar-refractivity contribution in [1.29, 1.82) is 0 Å². The lowest BCUT2D eigenvalue weighted by molar-refractivity contribution is 0.0931. The van der Waals surface area contributed by atoms with Gasteiger partial charge in [-0.25, -0.2) is 14.6 Å². The average molecular weight is 396 g/mol. The van der Waals surface area contributed by atoms with Gasteiger partial charge in [0.2, 0.25) is 0 Å². The van der Waals surface area contributed by atoms with E-state index in [-0.39, 0.29) is 11.9 Å². The predicted molar refractivity (Wildman–Crippen MR) is 106 cm³/mol. The molecule has 3 rings (SSSR count). The fourth-order valence-corrected chi connectivity index (χ4v) is 2.57. The SMILES string of the molecule is CC(NC(=O)NNC(=O)c1ccc[nH]1)c1ccc(OCc2ccc(F)cc2)cc1. The number of carbonyl (C=O) groups excluding carboxylic acids is 2. The first-order valence-corrected chi connectivity index (χ1v) is 8.99. The third-order valence-corrected chi connectivity index (χ3v) is 4.18. The number of nitrogens with one attached hydrogen (secondary N) is 4. The molecule has 8 heteroatoms. The number of urea groups is 1. The molecule has 0 saturated carbocycles. The highest BCUT2D eigenvalue weighted by molar-refractivity contribution is 5.93. The number of amides is 3. The van der Waals surface area contributed by atoms with Gasteiger partial charge < -0.3 is 15.0 Å². The fourth-order valence-electron chi connectivity index (χ4n) is 2.57. The predicted octanol–water partition coefficient (Wildman–Crippen LogP) is 3.44. The molecule has 3 aromatic rings. The zero-order valence-electron chi connectivity index (χ0n) is 15.7. The number of carbonyl (C=O) groups is 2. The summed E-state index contributed by atoms with van der Waals surface area (Å²) in [5, 5.41) is 2.73. The van der Waals surface area contributed by atoms with E-state index in [2.05, 4.69) is 21.2 Å². The van der Waals surface area contributed by atoms with Gasteiger partial charge in [0.1, 0.15) is 23.9 Å². The Morgan fingerprint density at radius 2 is 1.76 bits per heavy atom.